The Labute approximate surface area is 91.2 Å². The van der Waals surface area contributed by atoms with Gasteiger partial charge in [0.1, 0.15) is 12.2 Å². The normalized spacial score (nSPS) is 35.6. The number of rotatable bonds is 1. The molecule has 1 aromatic heterocycles. The lowest BCUT2D eigenvalue weighted by Crippen LogP contribution is -2.34. The molecule has 0 amide bonds. The highest BCUT2D eigenvalue weighted by Gasteiger charge is 2.50. The smallest absolute Gasteiger partial charge is 0.198 e. The van der Waals surface area contributed by atoms with Crippen LogP contribution in [-0.2, 0) is 4.74 Å². The average molecular weight is 224 g/mol. The van der Waals surface area contributed by atoms with Gasteiger partial charge in [-0.2, -0.15) is 0 Å². The Morgan fingerprint density at radius 2 is 2.31 bits per heavy atom. The van der Waals surface area contributed by atoms with Crippen LogP contribution in [0.1, 0.15) is 6.23 Å². The fourth-order valence-corrected chi connectivity index (χ4v) is 2.15. The van der Waals surface area contributed by atoms with Crippen molar-refractivity contribution >= 4 is 0 Å². The molecule has 1 aromatic rings. The topological polar surface area (TPSA) is 87.7 Å². The van der Waals surface area contributed by atoms with Crippen molar-refractivity contribution in [3.05, 3.63) is 23.7 Å². The Morgan fingerprint density at radius 3 is 3.06 bits per heavy atom. The van der Waals surface area contributed by atoms with Crippen LogP contribution >= 0.6 is 0 Å². The Bertz CT molecular complexity index is 472. The molecule has 3 heterocycles. The summed E-state index contributed by atoms with van der Waals surface area (Å²) in [5, 5.41) is 26.6. The number of nitrogens with one attached hydrogen (secondary N) is 1. The first-order chi connectivity index (χ1) is 7.70. The zero-order valence-corrected chi connectivity index (χ0v) is 8.41. The number of ether oxygens (including phenoxy) is 2. The van der Waals surface area contributed by atoms with Gasteiger partial charge >= 0.3 is 0 Å². The number of nitrogens with zero attached hydrogens (tertiary/aromatic N) is 1. The molecule has 2 aliphatic rings. The largest absolute Gasteiger partial charge is 0.468 e. The maximum Gasteiger partial charge on any atom is 0.198 e. The number of hydrogen-bond acceptors (Lipinski definition) is 5. The first-order valence-electron chi connectivity index (χ1n) is 5.08. The van der Waals surface area contributed by atoms with E-state index in [0.29, 0.717) is 11.2 Å². The highest BCUT2D eigenvalue weighted by atomic mass is 16.6. The van der Waals surface area contributed by atoms with Gasteiger partial charge in [0.05, 0.1) is 12.0 Å². The van der Waals surface area contributed by atoms with E-state index in [-0.39, 0.29) is 6.61 Å². The van der Waals surface area contributed by atoms with E-state index >= 15 is 0 Å². The van der Waals surface area contributed by atoms with Gasteiger partial charge in [-0.3, -0.25) is 4.57 Å². The number of aromatic nitrogens is 1. The summed E-state index contributed by atoms with van der Waals surface area (Å²) >= 11 is 0. The minimum absolute atomic E-state index is 0.232. The van der Waals surface area contributed by atoms with Crippen LogP contribution in [0.15, 0.2) is 18.3 Å². The number of pyridine rings is 1. The van der Waals surface area contributed by atoms with Gasteiger partial charge in [0, 0.05) is 12.3 Å². The van der Waals surface area contributed by atoms with Gasteiger partial charge in [-0.05, 0) is 6.07 Å². The van der Waals surface area contributed by atoms with Gasteiger partial charge < -0.3 is 25.1 Å². The maximum atomic E-state index is 9.83. The lowest BCUT2D eigenvalue weighted by molar-refractivity contribution is -0.0432. The Kier molecular flexibility index (Phi) is 2.03. The molecule has 3 N–H and O–H groups in total. The Hall–Kier alpha value is -1.37. The van der Waals surface area contributed by atoms with Crippen LogP contribution in [0.2, 0.25) is 0 Å². The van der Waals surface area contributed by atoms with Gasteiger partial charge in [-0.15, -0.1) is 0 Å². The van der Waals surface area contributed by atoms with Gasteiger partial charge in [-0.1, -0.05) is 0 Å². The fourth-order valence-electron chi connectivity index (χ4n) is 2.15. The van der Waals surface area contributed by atoms with Gasteiger partial charge in [0.25, 0.3) is 0 Å². The summed E-state index contributed by atoms with van der Waals surface area (Å²) < 4.78 is 12.7. The van der Waals surface area contributed by atoms with Crippen LogP contribution in [-0.4, -0.2) is 39.7 Å². The SMILES string of the molecule is N=c1ccn2c(c1)O[C@H]1[C@H](O)[C@@H](CO)O[C@H]12. The van der Waals surface area contributed by atoms with Crippen LogP contribution in [0, 0.1) is 5.41 Å². The first-order valence-corrected chi connectivity index (χ1v) is 5.08. The Balaban J connectivity index is 1.99. The molecule has 2 aliphatic heterocycles. The van der Waals surface area contributed by atoms with Crippen molar-refractivity contribution in [2.75, 3.05) is 6.61 Å². The summed E-state index contributed by atoms with van der Waals surface area (Å²) in [4.78, 5) is 0. The number of aliphatic hydroxyl groups excluding tert-OH is 2. The van der Waals surface area contributed by atoms with Crippen molar-refractivity contribution in [3.8, 4) is 5.88 Å². The summed E-state index contributed by atoms with van der Waals surface area (Å²) in [6, 6.07) is 3.19. The molecule has 0 radical (unpaired) electrons. The third-order valence-electron chi connectivity index (χ3n) is 2.97. The van der Waals surface area contributed by atoms with Crippen LogP contribution in [0.25, 0.3) is 0 Å². The third kappa shape index (κ3) is 1.21. The molecule has 1 saturated heterocycles. The number of aliphatic hydroxyl groups is 2. The molecule has 0 aliphatic carbocycles. The minimum Gasteiger partial charge on any atom is -0.468 e. The highest BCUT2D eigenvalue weighted by Crippen LogP contribution is 2.39. The second-order valence-corrected chi connectivity index (χ2v) is 3.98. The van der Waals surface area contributed by atoms with Crippen molar-refractivity contribution in [1.29, 1.82) is 5.41 Å². The molecule has 0 aromatic carbocycles. The van der Waals surface area contributed by atoms with E-state index in [1.807, 2.05) is 0 Å². The molecule has 1 fully saturated rings. The molecule has 6 heteroatoms. The van der Waals surface area contributed by atoms with E-state index in [4.69, 9.17) is 20.0 Å². The van der Waals surface area contributed by atoms with Crippen molar-refractivity contribution in [1.82, 2.24) is 4.57 Å². The molecule has 0 spiro atoms. The van der Waals surface area contributed by atoms with E-state index < -0.39 is 24.5 Å². The van der Waals surface area contributed by atoms with Crippen molar-refractivity contribution in [3.63, 3.8) is 0 Å². The van der Waals surface area contributed by atoms with Gasteiger partial charge in [-0.25, -0.2) is 0 Å². The second-order valence-electron chi connectivity index (χ2n) is 3.98. The van der Waals surface area contributed by atoms with E-state index in [1.54, 1.807) is 22.9 Å². The summed E-state index contributed by atoms with van der Waals surface area (Å²) in [6.07, 6.45) is -0.674. The van der Waals surface area contributed by atoms with Gasteiger partial charge in [0.15, 0.2) is 18.2 Å². The van der Waals surface area contributed by atoms with Crippen molar-refractivity contribution < 1.29 is 19.7 Å². The molecular weight excluding hydrogens is 212 g/mol. The molecule has 3 rings (SSSR count). The molecule has 86 valence electrons. The summed E-state index contributed by atoms with van der Waals surface area (Å²) in [7, 11) is 0. The quantitative estimate of drug-likeness (QED) is 0.569. The standard InChI is InChI=1S/C10H12N2O4/c11-5-1-2-12-7(3-5)16-9-8(14)6(4-13)15-10(9)12/h1-3,6,8-11,13-14H,4H2/t6-,8-,9+,10-/m1/s1. The predicted octanol–water partition coefficient (Wildman–Crippen LogP) is -1.02. The zero-order chi connectivity index (χ0) is 11.3. The van der Waals surface area contributed by atoms with E-state index in [1.165, 1.54) is 0 Å². The fraction of sp³-hybridized carbons (Fsp3) is 0.500. The van der Waals surface area contributed by atoms with E-state index in [2.05, 4.69) is 0 Å². The van der Waals surface area contributed by atoms with Crippen LogP contribution < -0.4 is 10.1 Å². The third-order valence-corrected chi connectivity index (χ3v) is 2.97. The molecule has 16 heavy (non-hydrogen) atoms. The zero-order valence-electron chi connectivity index (χ0n) is 8.41. The molecule has 0 saturated carbocycles. The van der Waals surface area contributed by atoms with E-state index in [0.717, 1.165) is 0 Å². The lowest BCUT2D eigenvalue weighted by atomic mass is 10.1. The monoisotopic (exact) mass is 224 g/mol. The lowest BCUT2D eigenvalue weighted by Gasteiger charge is -2.14. The highest BCUT2D eigenvalue weighted by molar-refractivity contribution is 5.19. The minimum atomic E-state index is -0.843. The molecule has 4 atom stereocenters. The predicted molar refractivity (Wildman–Crippen MR) is 51.7 cm³/mol. The number of hydrogen-bond donors (Lipinski definition) is 3. The first kappa shape index (κ1) is 9.83. The maximum absolute atomic E-state index is 9.83. The summed E-state index contributed by atoms with van der Waals surface area (Å²) in [5.74, 6) is 0.512. The second kappa shape index (κ2) is 3.31. The van der Waals surface area contributed by atoms with Gasteiger partial charge in [0.2, 0.25) is 0 Å². The van der Waals surface area contributed by atoms with E-state index in [9.17, 15) is 5.11 Å². The van der Waals surface area contributed by atoms with Crippen LogP contribution in [0.5, 0.6) is 5.88 Å². The molecule has 6 nitrogen and oxygen atoms in total. The number of fused-ring (bicyclic) bond motifs is 3. The van der Waals surface area contributed by atoms with Crippen LogP contribution in [0.4, 0.5) is 0 Å². The summed E-state index contributed by atoms with van der Waals surface area (Å²) in [6.45, 7) is -0.232. The van der Waals surface area contributed by atoms with Crippen LogP contribution in [0.3, 0.4) is 0 Å². The molecular formula is C10H12N2O4. The average Bonchev–Trinajstić information content (AvgIpc) is 2.75. The summed E-state index contributed by atoms with van der Waals surface area (Å²) in [5.41, 5.74) is 0. The van der Waals surface area contributed by atoms with Crippen molar-refractivity contribution in [2.24, 2.45) is 0 Å². The Morgan fingerprint density at radius 1 is 1.50 bits per heavy atom. The molecule has 0 bridgehead atoms. The molecule has 0 unspecified atom stereocenters. The van der Waals surface area contributed by atoms with Crippen molar-refractivity contribution in [2.45, 2.75) is 24.5 Å².